The summed E-state index contributed by atoms with van der Waals surface area (Å²) in [4.78, 5) is 0. The maximum absolute atomic E-state index is 5.71. The highest BCUT2D eigenvalue weighted by Gasteiger charge is 2.17. The van der Waals surface area contributed by atoms with E-state index in [0.29, 0.717) is 6.61 Å². The summed E-state index contributed by atoms with van der Waals surface area (Å²) in [5, 5.41) is 0. The van der Waals surface area contributed by atoms with Crippen molar-refractivity contribution in [2.45, 2.75) is 5.44 Å². The van der Waals surface area contributed by atoms with Crippen LogP contribution in [-0.4, -0.2) is 19.0 Å². The van der Waals surface area contributed by atoms with Crippen molar-refractivity contribution in [3.63, 3.8) is 0 Å². The van der Waals surface area contributed by atoms with Gasteiger partial charge in [0.1, 0.15) is 17.8 Å². The Morgan fingerprint density at radius 3 is 2.62 bits per heavy atom. The van der Waals surface area contributed by atoms with Crippen LogP contribution in [0, 0.1) is 0 Å². The first-order valence-electron chi connectivity index (χ1n) is 7.09. The fourth-order valence-electron chi connectivity index (χ4n) is 2.16. The van der Waals surface area contributed by atoms with Crippen molar-refractivity contribution in [1.29, 1.82) is 0 Å². The van der Waals surface area contributed by atoms with Gasteiger partial charge < -0.3 is 9.47 Å². The van der Waals surface area contributed by atoms with Crippen LogP contribution in [0.4, 0.5) is 0 Å². The lowest BCUT2D eigenvalue weighted by Gasteiger charge is -2.09. The maximum Gasteiger partial charge on any atom is 0.128 e. The lowest BCUT2D eigenvalue weighted by atomic mass is 10.2. The van der Waals surface area contributed by atoms with Crippen molar-refractivity contribution in [2.24, 2.45) is 0 Å². The molecule has 2 nitrogen and oxygen atoms in total. The quantitative estimate of drug-likeness (QED) is 0.807. The molecule has 0 amide bonds. The lowest BCUT2D eigenvalue weighted by Crippen LogP contribution is -1.95. The summed E-state index contributed by atoms with van der Waals surface area (Å²) in [6.45, 7) is 1.42. The van der Waals surface area contributed by atoms with E-state index in [9.17, 15) is 0 Å². The van der Waals surface area contributed by atoms with Crippen LogP contribution >= 0.6 is 11.8 Å². The molecular weight excluding hydrogens is 280 g/mol. The monoisotopic (exact) mass is 298 g/mol. The van der Waals surface area contributed by atoms with Crippen LogP contribution < -0.4 is 4.74 Å². The molecule has 0 saturated carbocycles. The fourth-order valence-corrected chi connectivity index (χ4v) is 3.11. The van der Waals surface area contributed by atoms with Crippen LogP contribution in [-0.2, 0) is 4.74 Å². The summed E-state index contributed by atoms with van der Waals surface area (Å²) < 4.78 is 11.3. The summed E-state index contributed by atoms with van der Waals surface area (Å²) in [7, 11) is 0. The van der Waals surface area contributed by atoms with Crippen LogP contribution in [0.25, 0.3) is 6.08 Å². The normalized spacial score (nSPS) is 18.2. The van der Waals surface area contributed by atoms with Gasteiger partial charge in [-0.15, -0.1) is 11.8 Å². The van der Waals surface area contributed by atoms with Crippen LogP contribution in [0.5, 0.6) is 5.75 Å². The largest absolute Gasteiger partial charge is 0.490 e. The Kier molecular flexibility index (Phi) is 4.98. The first kappa shape index (κ1) is 14.2. The summed E-state index contributed by atoms with van der Waals surface area (Å²) in [6.07, 6.45) is 4.09. The molecule has 2 aromatic carbocycles. The second kappa shape index (κ2) is 7.34. The fraction of sp³-hybridized carbons (Fsp3) is 0.222. The van der Waals surface area contributed by atoms with Gasteiger partial charge in [-0.1, -0.05) is 48.5 Å². The third kappa shape index (κ3) is 4.13. The van der Waals surface area contributed by atoms with Gasteiger partial charge in [0.15, 0.2) is 0 Å². The third-order valence-electron chi connectivity index (χ3n) is 3.23. The van der Waals surface area contributed by atoms with Gasteiger partial charge >= 0.3 is 0 Å². The molecule has 3 heteroatoms. The molecule has 0 N–H and O–H groups in total. The summed E-state index contributed by atoms with van der Waals surface area (Å²) >= 11 is 1.85. The number of hydrogen-bond acceptors (Lipinski definition) is 3. The molecule has 1 atom stereocenters. The molecule has 1 aliphatic heterocycles. The zero-order valence-electron chi connectivity index (χ0n) is 11.8. The molecule has 0 aliphatic carbocycles. The SMILES string of the molecule is C(=Cc1ccccc1)COc1ccc(C2OCCS2)cc1. The van der Waals surface area contributed by atoms with Gasteiger partial charge in [0.25, 0.3) is 0 Å². The maximum atomic E-state index is 5.71. The van der Waals surface area contributed by atoms with E-state index in [4.69, 9.17) is 9.47 Å². The second-order valence-corrected chi connectivity index (χ2v) is 5.94. The van der Waals surface area contributed by atoms with Crippen molar-refractivity contribution in [3.05, 3.63) is 71.8 Å². The highest BCUT2D eigenvalue weighted by Crippen LogP contribution is 2.35. The molecular formula is C18H18O2S. The van der Waals surface area contributed by atoms with Crippen molar-refractivity contribution in [2.75, 3.05) is 19.0 Å². The standard InChI is InChI=1S/C18H18O2S/c1-2-5-15(6-3-1)7-4-12-19-17-10-8-16(9-11-17)18-20-13-14-21-18/h1-11,18H,12-14H2. The predicted molar refractivity (Wildman–Crippen MR) is 88.6 cm³/mol. The Labute approximate surface area is 129 Å². The molecule has 3 rings (SSSR count). The zero-order chi connectivity index (χ0) is 14.3. The summed E-state index contributed by atoms with van der Waals surface area (Å²) in [6, 6.07) is 18.4. The van der Waals surface area contributed by atoms with Gasteiger partial charge in [0.2, 0.25) is 0 Å². The molecule has 108 valence electrons. The topological polar surface area (TPSA) is 18.5 Å². The van der Waals surface area contributed by atoms with Gasteiger partial charge in [-0.05, 0) is 29.3 Å². The van der Waals surface area contributed by atoms with E-state index in [-0.39, 0.29) is 5.44 Å². The lowest BCUT2D eigenvalue weighted by molar-refractivity contribution is 0.145. The molecule has 1 unspecified atom stereocenters. The Bertz CT molecular complexity index is 572. The molecule has 1 fully saturated rings. The third-order valence-corrected chi connectivity index (χ3v) is 4.34. The van der Waals surface area contributed by atoms with Gasteiger partial charge in [-0.25, -0.2) is 0 Å². The molecule has 2 aromatic rings. The minimum atomic E-state index is 0.192. The highest BCUT2D eigenvalue weighted by atomic mass is 32.2. The van der Waals surface area contributed by atoms with E-state index in [1.165, 1.54) is 11.1 Å². The molecule has 0 radical (unpaired) electrons. The Morgan fingerprint density at radius 2 is 1.90 bits per heavy atom. The Morgan fingerprint density at radius 1 is 1.10 bits per heavy atom. The van der Waals surface area contributed by atoms with E-state index < -0.39 is 0 Å². The van der Waals surface area contributed by atoms with E-state index >= 15 is 0 Å². The minimum Gasteiger partial charge on any atom is -0.490 e. The number of ether oxygens (including phenoxy) is 2. The first-order chi connectivity index (χ1) is 10.4. The molecule has 0 bridgehead atoms. The van der Waals surface area contributed by atoms with Crippen molar-refractivity contribution >= 4 is 17.8 Å². The number of hydrogen-bond donors (Lipinski definition) is 0. The molecule has 1 saturated heterocycles. The summed E-state index contributed by atoms with van der Waals surface area (Å²) in [5.74, 6) is 1.96. The van der Waals surface area contributed by atoms with Crippen LogP contribution in [0.15, 0.2) is 60.7 Å². The molecule has 0 spiro atoms. The average molecular weight is 298 g/mol. The molecule has 1 heterocycles. The van der Waals surface area contributed by atoms with Gasteiger partial charge in [-0.2, -0.15) is 0 Å². The number of rotatable bonds is 5. The summed E-state index contributed by atoms with van der Waals surface area (Å²) in [5.41, 5.74) is 2.59. The van der Waals surface area contributed by atoms with E-state index in [1.807, 2.05) is 48.2 Å². The van der Waals surface area contributed by atoms with E-state index in [0.717, 1.165) is 18.1 Å². The predicted octanol–water partition coefficient (Wildman–Crippen LogP) is 4.54. The Hall–Kier alpha value is -1.71. The Balaban J connectivity index is 1.50. The average Bonchev–Trinajstić information content (AvgIpc) is 3.08. The van der Waals surface area contributed by atoms with Crippen LogP contribution in [0.1, 0.15) is 16.6 Å². The smallest absolute Gasteiger partial charge is 0.128 e. The minimum absolute atomic E-state index is 0.192. The van der Waals surface area contributed by atoms with Gasteiger partial charge in [0, 0.05) is 5.75 Å². The number of thioether (sulfide) groups is 1. The van der Waals surface area contributed by atoms with E-state index in [1.54, 1.807) is 0 Å². The second-order valence-electron chi connectivity index (χ2n) is 4.77. The van der Waals surface area contributed by atoms with E-state index in [2.05, 4.69) is 30.3 Å². The highest BCUT2D eigenvalue weighted by molar-refractivity contribution is 7.99. The van der Waals surface area contributed by atoms with Crippen molar-refractivity contribution < 1.29 is 9.47 Å². The zero-order valence-corrected chi connectivity index (χ0v) is 12.6. The number of benzene rings is 2. The van der Waals surface area contributed by atoms with Crippen molar-refractivity contribution in [1.82, 2.24) is 0 Å². The van der Waals surface area contributed by atoms with Crippen LogP contribution in [0.3, 0.4) is 0 Å². The first-order valence-corrected chi connectivity index (χ1v) is 8.14. The van der Waals surface area contributed by atoms with Gasteiger partial charge in [-0.3, -0.25) is 0 Å². The molecule has 0 aromatic heterocycles. The molecule has 21 heavy (non-hydrogen) atoms. The van der Waals surface area contributed by atoms with Crippen LogP contribution in [0.2, 0.25) is 0 Å². The molecule has 1 aliphatic rings. The van der Waals surface area contributed by atoms with Crippen molar-refractivity contribution in [3.8, 4) is 5.75 Å². The van der Waals surface area contributed by atoms with Gasteiger partial charge in [0.05, 0.1) is 6.61 Å².